The highest BCUT2D eigenvalue weighted by molar-refractivity contribution is 6.06. The van der Waals surface area contributed by atoms with Crippen molar-refractivity contribution in [2.24, 2.45) is 23.7 Å². The molecular formula is C25H30FNO2. The number of nitrogens with zero attached hydrogens (tertiary/aromatic N) is 1. The minimum Gasteiger partial charge on any atom is -0.478 e. The Kier molecular flexibility index (Phi) is 4.38. The molecule has 4 bridgehead atoms. The first-order chi connectivity index (χ1) is 13.9. The van der Waals surface area contributed by atoms with Gasteiger partial charge in [0.15, 0.2) is 0 Å². The summed E-state index contributed by atoms with van der Waals surface area (Å²) in [5.41, 5.74) is 3.03. The van der Waals surface area contributed by atoms with Gasteiger partial charge in [0.2, 0.25) is 0 Å². The first-order valence-corrected chi connectivity index (χ1v) is 11.1. The van der Waals surface area contributed by atoms with E-state index in [-0.39, 0.29) is 17.3 Å². The van der Waals surface area contributed by atoms with E-state index in [2.05, 4.69) is 24.8 Å². The van der Waals surface area contributed by atoms with Crippen LogP contribution in [0, 0.1) is 29.5 Å². The fourth-order valence-corrected chi connectivity index (χ4v) is 7.22. The molecule has 1 N–H and O–H groups in total. The largest absolute Gasteiger partial charge is 0.478 e. The van der Waals surface area contributed by atoms with Crippen molar-refractivity contribution >= 4 is 11.5 Å². The Bertz CT molecular complexity index is 861. The lowest BCUT2D eigenvalue weighted by Gasteiger charge is -2.62. The third kappa shape index (κ3) is 3.03. The summed E-state index contributed by atoms with van der Waals surface area (Å²) in [6.07, 6.45) is 9.81. The molecule has 6 rings (SSSR count). The summed E-state index contributed by atoms with van der Waals surface area (Å²) in [5, 5.41) is 10.2. The first-order valence-electron chi connectivity index (χ1n) is 11.1. The molecule has 1 aromatic carbocycles. The Hall–Kier alpha value is -2.10. The Morgan fingerprint density at radius 3 is 2.10 bits per heavy atom. The number of carboxylic acid groups (broad SMARTS) is 1. The van der Waals surface area contributed by atoms with Crippen LogP contribution in [-0.2, 0) is 4.79 Å². The number of rotatable bonds is 4. The van der Waals surface area contributed by atoms with Gasteiger partial charge in [-0.15, -0.1) is 0 Å². The van der Waals surface area contributed by atoms with Gasteiger partial charge in [-0.2, -0.15) is 0 Å². The molecular weight excluding hydrogens is 365 g/mol. The predicted molar refractivity (Wildman–Crippen MR) is 111 cm³/mol. The number of carbonyl (C=O) groups is 1. The van der Waals surface area contributed by atoms with Gasteiger partial charge in [0.25, 0.3) is 0 Å². The molecule has 29 heavy (non-hydrogen) atoms. The summed E-state index contributed by atoms with van der Waals surface area (Å²) >= 11 is 0. The first kappa shape index (κ1) is 18.9. The minimum absolute atomic E-state index is 0.123. The van der Waals surface area contributed by atoms with Crippen molar-refractivity contribution in [1.29, 1.82) is 0 Å². The lowest BCUT2D eigenvalue weighted by molar-refractivity contribution is -0.132. The topological polar surface area (TPSA) is 40.5 Å². The number of carboxylic acids is 1. The number of allylic oxidation sites excluding steroid dienone is 1. The average Bonchev–Trinajstić information content (AvgIpc) is 2.66. The van der Waals surface area contributed by atoms with Crippen LogP contribution in [0.25, 0.3) is 5.57 Å². The fourth-order valence-electron chi connectivity index (χ4n) is 7.22. The second-order valence-corrected chi connectivity index (χ2v) is 10.1. The van der Waals surface area contributed by atoms with Crippen molar-refractivity contribution in [2.75, 3.05) is 6.54 Å². The van der Waals surface area contributed by atoms with E-state index in [9.17, 15) is 14.3 Å². The van der Waals surface area contributed by atoms with Gasteiger partial charge in [-0.1, -0.05) is 32.1 Å². The molecule has 0 aromatic heterocycles. The zero-order chi connectivity index (χ0) is 20.3. The van der Waals surface area contributed by atoms with Gasteiger partial charge in [-0.3, -0.25) is 0 Å². The summed E-state index contributed by atoms with van der Waals surface area (Å²) in [4.78, 5) is 15.0. The van der Waals surface area contributed by atoms with Crippen LogP contribution in [0.5, 0.6) is 0 Å². The van der Waals surface area contributed by atoms with Crippen LogP contribution in [0.3, 0.4) is 0 Å². The smallest absolute Gasteiger partial charge is 0.338 e. The molecule has 3 nitrogen and oxygen atoms in total. The van der Waals surface area contributed by atoms with Gasteiger partial charge in [-0.25, -0.2) is 9.18 Å². The molecule has 0 radical (unpaired) electrons. The molecule has 0 atom stereocenters. The maximum Gasteiger partial charge on any atom is 0.338 e. The SMILES string of the molecule is CC(C)C1=C(C(=O)O)C(c2ccc(F)cc2)=CCN1C12CC3CC(CC(C3)C1)C2. The van der Waals surface area contributed by atoms with Crippen LogP contribution < -0.4 is 0 Å². The van der Waals surface area contributed by atoms with E-state index >= 15 is 0 Å². The second kappa shape index (κ2) is 6.72. The van der Waals surface area contributed by atoms with Crippen molar-refractivity contribution in [3.05, 3.63) is 53.0 Å². The minimum atomic E-state index is -0.876. The van der Waals surface area contributed by atoms with Crippen molar-refractivity contribution in [3.8, 4) is 0 Å². The van der Waals surface area contributed by atoms with Gasteiger partial charge < -0.3 is 10.0 Å². The molecule has 1 heterocycles. The molecule has 0 saturated heterocycles. The predicted octanol–water partition coefficient (Wildman–Crippen LogP) is 5.49. The lowest BCUT2D eigenvalue weighted by atomic mass is 9.52. The molecule has 4 fully saturated rings. The Balaban J connectivity index is 1.60. The van der Waals surface area contributed by atoms with E-state index in [0.717, 1.165) is 41.1 Å². The van der Waals surface area contributed by atoms with Gasteiger partial charge in [0.05, 0.1) is 5.57 Å². The summed E-state index contributed by atoms with van der Waals surface area (Å²) in [7, 11) is 0. The quantitative estimate of drug-likeness (QED) is 0.733. The normalized spacial score (nSPS) is 33.4. The summed E-state index contributed by atoms with van der Waals surface area (Å²) in [5.74, 6) is 1.38. The molecule has 0 unspecified atom stereocenters. The van der Waals surface area contributed by atoms with Gasteiger partial charge in [0, 0.05) is 17.8 Å². The second-order valence-electron chi connectivity index (χ2n) is 10.1. The number of halogens is 1. The molecule has 4 heteroatoms. The van der Waals surface area contributed by atoms with Crippen LogP contribution >= 0.6 is 0 Å². The highest BCUT2D eigenvalue weighted by Gasteiger charge is 2.54. The number of hydrogen-bond acceptors (Lipinski definition) is 2. The van der Waals surface area contributed by atoms with Gasteiger partial charge in [0.1, 0.15) is 5.82 Å². The van der Waals surface area contributed by atoms with Crippen molar-refractivity contribution < 1.29 is 14.3 Å². The van der Waals surface area contributed by atoms with E-state index in [1.807, 2.05) is 0 Å². The Labute approximate surface area is 172 Å². The van der Waals surface area contributed by atoms with Crippen molar-refractivity contribution in [2.45, 2.75) is 57.9 Å². The number of aliphatic carboxylic acids is 1. The van der Waals surface area contributed by atoms with E-state index in [4.69, 9.17) is 0 Å². The van der Waals surface area contributed by atoms with E-state index in [0.29, 0.717) is 5.57 Å². The fraction of sp³-hybridized carbons (Fsp3) is 0.560. The molecule has 4 saturated carbocycles. The van der Waals surface area contributed by atoms with E-state index in [1.54, 1.807) is 12.1 Å². The van der Waals surface area contributed by atoms with Crippen LogP contribution in [0.4, 0.5) is 4.39 Å². The highest BCUT2D eigenvalue weighted by atomic mass is 19.1. The number of benzene rings is 1. The zero-order valence-corrected chi connectivity index (χ0v) is 17.3. The van der Waals surface area contributed by atoms with Crippen molar-refractivity contribution in [3.63, 3.8) is 0 Å². The molecule has 5 aliphatic rings. The maximum atomic E-state index is 13.4. The van der Waals surface area contributed by atoms with E-state index < -0.39 is 5.97 Å². The molecule has 1 aliphatic heterocycles. The van der Waals surface area contributed by atoms with Crippen LogP contribution in [0.2, 0.25) is 0 Å². The summed E-state index contributed by atoms with van der Waals surface area (Å²) < 4.78 is 13.4. The molecule has 4 aliphatic carbocycles. The third-order valence-corrected chi connectivity index (χ3v) is 7.79. The Morgan fingerprint density at radius 1 is 1.07 bits per heavy atom. The molecule has 0 amide bonds. The maximum absolute atomic E-state index is 13.4. The molecule has 154 valence electrons. The van der Waals surface area contributed by atoms with Crippen LogP contribution in [0.15, 0.2) is 41.6 Å². The Morgan fingerprint density at radius 2 is 1.62 bits per heavy atom. The zero-order valence-electron chi connectivity index (χ0n) is 17.3. The standard InChI is InChI=1S/C25H30FNO2/c1-15(2)23-22(24(28)29)21(19-3-5-20(26)6-4-19)7-8-27(23)25-12-16-9-17(13-25)11-18(10-16)14-25/h3-7,15-18H,8-14H2,1-2H3,(H,28,29). The van der Waals surface area contributed by atoms with Crippen LogP contribution in [0.1, 0.15) is 57.9 Å². The van der Waals surface area contributed by atoms with Crippen molar-refractivity contribution in [1.82, 2.24) is 4.90 Å². The van der Waals surface area contributed by atoms with E-state index in [1.165, 1.54) is 50.7 Å². The van der Waals surface area contributed by atoms with Gasteiger partial charge in [-0.05, 0) is 85.5 Å². The monoisotopic (exact) mass is 395 g/mol. The summed E-state index contributed by atoms with van der Waals surface area (Å²) in [6, 6.07) is 6.22. The molecule has 1 aromatic rings. The number of hydrogen-bond donors (Lipinski definition) is 1. The molecule has 0 spiro atoms. The lowest BCUT2D eigenvalue weighted by Crippen LogP contribution is -2.60. The average molecular weight is 396 g/mol. The third-order valence-electron chi connectivity index (χ3n) is 7.79. The van der Waals surface area contributed by atoms with Crippen LogP contribution in [-0.4, -0.2) is 28.1 Å². The van der Waals surface area contributed by atoms with Gasteiger partial charge >= 0.3 is 5.97 Å². The summed E-state index contributed by atoms with van der Waals surface area (Å²) in [6.45, 7) is 4.97. The highest BCUT2D eigenvalue weighted by Crippen LogP contribution is 2.59.